The molecule has 0 aromatic heterocycles. The summed E-state index contributed by atoms with van der Waals surface area (Å²) in [6, 6.07) is 10.3. The van der Waals surface area contributed by atoms with Crippen molar-refractivity contribution in [2.45, 2.75) is 39.3 Å². The summed E-state index contributed by atoms with van der Waals surface area (Å²) in [5.74, 6) is -0.129. The van der Waals surface area contributed by atoms with Crippen LogP contribution in [0.15, 0.2) is 42.5 Å². The van der Waals surface area contributed by atoms with Crippen molar-refractivity contribution in [1.82, 2.24) is 9.80 Å². The molecule has 0 fully saturated rings. The maximum absolute atomic E-state index is 13.9. The Morgan fingerprint density at radius 1 is 1.17 bits per heavy atom. The van der Waals surface area contributed by atoms with Crippen LogP contribution in [0.4, 0.5) is 20.6 Å². The molecule has 0 unspecified atom stereocenters. The first-order valence-corrected chi connectivity index (χ1v) is 12.3. The molecule has 3 atom stereocenters. The van der Waals surface area contributed by atoms with E-state index in [0.717, 1.165) is 19.5 Å². The first-order chi connectivity index (χ1) is 17.2. The highest BCUT2D eigenvalue weighted by molar-refractivity contribution is 6.01. The van der Waals surface area contributed by atoms with Crippen molar-refractivity contribution >= 4 is 23.3 Å². The molecule has 3 amide bonds. The Morgan fingerprint density at radius 2 is 1.92 bits per heavy atom. The van der Waals surface area contributed by atoms with Gasteiger partial charge in [0, 0.05) is 45.0 Å². The van der Waals surface area contributed by atoms with E-state index in [4.69, 9.17) is 9.47 Å². The lowest BCUT2D eigenvalue weighted by Crippen LogP contribution is -2.46. The highest BCUT2D eigenvalue weighted by Crippen LogP contribution is 2.27. The summed E-state index contributed by atoms with van der Waals surface area (Å²) < 4.78 is 25.8. The fourth-order valence-corrected chi connectivity index (χ4v) is 4.37. The van der Waals surface area contributed by atoms with Crippen molar-refractivity contribution < 1.29 is 23.5 Å². The number of amides is 3. The summed E-state index contributed by atoms with van der Waals surface area (Å²) in [5.41, 5.74) is 0.891. The van der Waals surface area contributed by atoms with Gasteiger partial charge in [-0.25, -0.2) is 9.18 Å². The zero-order valence-electron chi connectivity index (χ0n) is 21.7. The van der Waals surface area contributed by atoms with E-state index in [1.165, 1.54) is 12.1 Å². The minimum absolute atomic E-state index is 0.0705. The molecule has 2 aromatic carbocycles. The normalized spacial score (nSPS) is 21.6. The van der Waals surface area contributed by atoms with Gasteiger partial charge in [-0.3, -0.25) is 9.69 Å². The summed E-state index contributed by atoms with van der Waals surface area (Å²) >= 11 is 0. The molecule has 2 aromatic rings. The number of nitrogens with zero attached hydrogens (tertiary/aromatic N) is 2. The van der Waals surface area contributed by atoms with Gasteiger partial charge in [0.2, 0.25) is 0 Å². The van der Waals surface area contributed by atoms with Crippen LogP contribution in [0.2, 0.25) is 0 Å². The maximum atomic E-state index is 13.9. The van der Waals surface area contributed by atoms with Crippen LogP contribution in [-0.4, -0.2) is 74.3 Å². The molecule has 1 aliphatic heterocycles. The number of fused-ring (bicyclic) bond motifs is 1. The lowest BCUT2D eigenvalue weighted by Gasteiger charge is -2.35. The van der Waals surface area contributed by atoms with Gasteiger partial charge in [-0.05, 0) is 50.1 Å². The predicted octanol–water partition coefficient (Wildman–Crippen LogP) is 4.69. The van der Waals surface area contributed by atoms with Crippen molar-refractivity contribution in [3.8, 4) is 5.75 Å². The number of methoxy groups -OCH3 is 1. The van der Waals surface area contributed by atoms with Crippen LogP contribution in [0.5, 0.6) is 5.75 Å². The standard InChI is InChI=1S/C27H37FN4O4/c1-6-13-32-15-18(2)25(35-5)16-31(4)26(33)21-12-11-20(14-24(21)36-17-19(32)3)29-27(34)30-23-10-8-7-9-22(23)28/h7-12,14,18-19,25H,6,13,15-17H2,1-5H3,(H2,29,30,34)/t18-,19+,25+/m1/s1. The third-order valence-corrected chi connectivity index (χ3v) is 6.47. The highest BCUT2D eigenvalue weighted by Gasteiger charge is 2.28. The number of halogens is 1. The fourth-order valence-electron chi connectivity index (χ4n) is 4.37. The summed E-state index contributed by atoms with van der Waals surface area (Å²) in [6.45, 7) is 8.96. The van der Waals surface area contributed by atoms with Crippen LogP contribution in [0.3, 0.4) is 0 Å². The number of benzene rings is 2. The van der Waals surface area contributed by atoms with Crippen molar-refractivity contribution in [1.29, 1.82) is 0 Å². The molecule has 1 aliphatic rings. The van der Waals surface area contributed by atoms with Gasteiger partial charge in [-0.15, -0.1) is 0 Å². The van der Waals surface area contributed by atoms with Crippen molar-refractivity contribution in [3.63, 3.8) is 0 Å². The molecule has 3 rings (SSSR count). The van der Waals surface area contributed by atoms with Gasteiger partial charge in [-0.1, -0.05) is 26.0 Å². The number of anilines is 2. The molecule has 8 nitrogen and oxygen atoms in total. The quantitative estimate of drug-likeness (QED) is 0.623. The Hall–Kier alpha value is -3.17. The first-order valence-electron chi connectivity index (χ1n) is 12.3. The summed E-state index contributed by atoms with van der Waals surface area (Å²) in [6.07, 6.45) is 0.895. The molecule has 0 bridgehead atoms. The van der Waals surface area contributed by atoms with Gasteiger partial charge in [0.05, 0.1) is 17.4 Å². The number of ether oxygens (including phenoxy) is 2. The Labute approximate surface area is 212 Å². The number of hydrogen-bond acceptors (Lipinski definition) is 5. The Balaban J connectivity index is 1.86. The van der Waals surface area contributed by atoms with Crippen molar-refractivity contribution in [3.05, 3.63) is 53.8 Å². The van der Waals surface area contributed by atoms with Crippen molar-refractivity contribution in [2.24, 2.45) is 5.92 Å². The van der Waals surface area contributed by atoms with Gasteiger partial charge in [0.25, 0.3) is 5.91 Å². The van der Waals surface area contributed by atoms with Gasteiger partial charge >= 0.3 is 6.03 Å². The third kappa shape index (κ3) is 6.95. The SMILES string of the molecule is CCCN1C[C@@H](C)[C@@H](OC)CN(C)C(=O)c2ccc(NC(=O)Nc3ccccc3F)cc2OC[C@@H]1C. The number of urea groups is 1. The molecule has 0 radical (unpaired) electrons. The zero-order valence-corrected chi connectivity index (χ0v) is 21.7. The molecule has 0 aliphatic carbocycles. The molecule has 0 saturated heterocycles. The Kier molecular flexibility index (Phi) is 9.66. The molecule has 0 spiro atoms. The summed E-state index contributed by atoms with van der Waals surface area (Å²) in [4.78, 5) is 29.8. The smallest absolute Gasteiger partial charge is 0.323 e. The molecular weight excluding hydrogens is 463 g/mol. The topological polar surface area (TPSA) is 83.1 Å². The second-order valence-electron chi connectivity index (χ2n) is 9.36. The first kappa shape index (κ1) is 27.4. The number of carbonyl (C=O) groups is 2. The molecule has 0 saturated carbocycles. The summed E-state index contributed by atoms with van der Waals surface area (Å²) in [5, 5.41) is 5.18. The second kappa shape index (κ2) is 12.7. The number of likely N-dealkylation sites (N-methyl/N-ethyl adjacent to an activating group) is 1. The number of carbonyl (C=O) groups excluding carboxylic acids is 2. The number of nitrogens with one attached hydrogen (secondary N) is 2. The van der Waals surface area contributed by atoms with E-state index in [-0.39, 0.29) is 29.7 Å². The van der Waals surface area contributed by atoms with E-state index in [2.05, 4.69) is 36.3 Å². The molecular formula is C27H37FN4O4. The minimum atomic E-state index is -0.601. The van der Waals surface area contributed by atoms with E-state index >= 15 is 0 Å². The molecule has 9 heteroatoms. The summed E-state index contributed by atoms with van der Waals surface area (Å²) in [7, 11) is 3.43. The largest absolute Gasteiger partial charge is 0.491 e. The van der Waals surface area contributed by atoms with Crippen LogP contribution in [0, 0.1) is 11.7 Å². The van der Waals surface area contributed by atoms with Gasteiger partial charge in [0.1, 0.15) is 18.2 Å². The van der Waals surface area contributed by atoms with Crippen LogP contribution >= 0.6 is 0 Å². The Morgan fingerprint density at radius 3 is 2.61 bits per heavy atom. The maximum Gasteiger partial charge on any atom is 0.323 e. The minimum Gasteiger partial charge on any atom is -0.491 e. The average Bonchev–Trinajstić information content (AvgIpc) is 2.85. The third-order valence-electron chi connectivity index (χ3n) is 6.47. The lowest BCUT2D eigenvalue weighted by molar-refractivity contribution is 0.0108. The van der Waals surface area contributed by atoms with Crippen LogP contribution in [0.25, 0.3) is 0 Å². The highest BCUT2D eigenvalue weighted by atomic mass is 19.1. The average molecular weight is 501 g/mol. The van der Waals surface area contributed by atoms with Crippen LogP contribution in [-0.2, 0) is 4.74 Å². The lowest BCUT2D eigenvalue weighted by atomic mass is 10.0. The molecule has 1 heterocycles. The van der Waals surface area contributed by atoms with E-state index in [9.17, 15) is 14.0 Å². The Bertz CT molecular complexity index is 1050. The van der Waals surface area contributed by atoms with Gasteiger partial charge in [0.15, 0.2) is 0 Å². The zero-order chi connectivity index (χ0) is 26.2. The van der Waals surface area contributed by atoms with Crippen LogP contribution < -0.4 is 15.4 Å². The molecule has 36 heavy (non-hydrogen) atoms. The van der Waals surface area contributed by atoms with Crippen LogP contribution in [0.1, 0.15) is 37.6 Å². The molecule has 2 N–H and O–H groups in total. The number of rotatable bonds is 5. The number of para-hydroxylation sites is 1. The number of hydrogen-bond donors (Lipinski definition) is 2. The van der Waals surface area contributed by atoms with Gasteiger partial charge in [-0.2, -0.15) is 0 Å². The predicted molar refractivity (Wildman–Crippen MR) is 139 cm³/mol. The van der Waals surface area contributed by atoms with E-state index < -0.39 is 11.8 Å². The van der Waals surface area contributed by atoms with E-state index in [1.54, 1.807) is 49.4 Å². The van der Waals surface area contributed by atoms with E-state index in [0.29, 0.717) is 30.2 Å². The monoisotopic (exact) mass is 500 g/mol. The second-order valence-corrected chi connectivity index (χ2v) is 9.36. The molecule has 196 valence electrons. The van der Waals surface area contributed by atoms with E-state index in [1.807, 2.05) is 0 Å². The van der Waals surface area contributed by atoms with Crippen molar-refractivity contribution in [2.75, 3.05) is 51.0 Å². The van der Waals surface area contributed by atoms with Gasteiger partial charge < -0.3 is 25.0 Å². The fraction of sp³-hybridized carbons (Fsp3) is 0.481.